The highest BCUT2D eigenvalue weighted by molar-refractivity contribution is 5.88. The van der Waals surface area contributed by atoms with Crippen molar-refractivity contribution < 1.29 is 4.79 Å². The van der Waals surface area contributed by atoms with Crippen molar-refractivity contribution in [3.8, 4) is 0 Å². The summed E-state index contributed by atoms with van der Waals surface area (Å²) >= 11 is 0. The summed E-state index contributed by atoms with van der Waals surface area (Å²) in [6.45, 7) is 4.35. The molecule has 0 unspecified atom stereocenters. The fourth-order valence-electron chi connectivity index (χ4n) is 1.60. The van der Waals surface area contributed by atoms with Gasteiger partial charge in [-0.05, 0) is 25.5 Å². The van der Waals surface area contributed by atoms with E-state index in [1.54, 1.807) is 23.1 Å². The molecule has 2 heterocycles. The second-order valence-corrected chi connectivity index (χ2v) is 4.41. The minimum atomic E-state index is -0.278. The molecule has 0 aliphatic heterocycles. The molecule has 0 saturated heterocycles. The van der Waals surface area contributed by atoms with Gasteiger partial charge in [-0.3, -0.25) is 10.00 Å². The molecule has 0 fully saturated rings. The van der Waals surface area contributed by atoms with Gasteiger partial charge in [0.2, 0.25) is 0 Å². The van der Waals surface area contributed by atoms with Crippen molar-refractivity contribution in [3.05, 3.63) is 41.3 Å². The van der Waals surface area contributed by atoms with Crippen molar-refractivity contribution >= 4 is 11.8 Å². The minimum Gasteiger partial charge on any atom is -0.334 e. The lowest BCUT2D eigenvalue weighted by Gasteiger charge is -2.07. The standard InChI is InChI=1S/C13H17N5O/c1-9-4-5-12(14-6-9)17-13(19)15-7-11-8-16-18(3)10(11)2/h4-6,8H,7H2,1-3H3,(H2,14,15,17,19). The van der Waals surface area contributed by atoms with Crippen LogP contribution in [0.25, 0.3) is 0 Å². The summed E-state index contributed by atoms with van der Waals surface area (Å²) in [6.07, 6.45) is 3.46. The molecular formula is C13H17N5O. The van der Waals surface area contributed by atoms with Crippen LogP contribution in [0.5, 0.6) is 0 Å². The number of hydrogen-bond acceptors (Lipinski definition) is 3. The Bertz CT molecular complexity index is 573. The number of hydrogen-bond donors (Lipinski definition) is 2. The molecular weight excluding hydrogens is 242 g/mol. The highest BCUT2D eigenvalue weighted by atomic mass is 16.2. The first-order chi connectivity index (χ1) is 9.06. The molecule has 19 heavy (non-hydrogen) atoms. The number of carbonyl (C=O) groups is 1. The molecule has 2 amide bonds. The molecule has 2 rings (SSSR count). The zero-order valence-corrected chi connectivity index (χ0v) is 11.3. The van der Waals surface area contributed by atoms with E-state index in [4.69, 9.17) is 0 Å². The number of anilines is 1. The number of amides is 2. The fraction of sp³-hybridized carbons (Fsp3) is 0.308. The van der Waals surface area contributed by atoms with E-state index in [-0.39, 0.29) is 6.03 Å². The number of nitrogens with one attached hydrogen (secondary N) is 2. The molecule has 2 aromatic rings. The second kappa shape index (κ2) is 5.51. The number of urea groups is 1. The normalized spacial score (nSPS) is 10.3. The van der Waals surface area contributed by atoms with Gasteiger partial charge in [0.05, 0.1) is 6.20 Å². The van der Waals surface area contributed by atoms with Crippen LogP contribution < -0.4 is 10.6 Å². The highest BCUT2D eigenvalue weighted by Gasteiger charge is 2.06. The first-order valence-corrected chi connectivity index (χ1v) is 6.01. The van der Waals surface area contributed by atoms with E-state index in [1.807, 2.05) is 27.0 Å². The Morgan fingerprint density at radius 1 is 1.32 bits per heavy atom. The van der Waals surface area contributed by atoms with E-state index in [9.17, 15) is 4.79 Å². The molecule has 100 valence electrons. The quantitative estimate of drug-likeness (QED) is 0.882. The van der Waals surface area contributed by atoms with Crippen LogP contribution in [0.3, 0.4) is 0 Å². The Balaban J connectivity index is 1.88. The maximum atomic E-state index is 11.7. The number of aromatic nitrogens is 3. The molecule has 0 atom stereocenters. The van der Waals surface area contributed by atoms with Gasteiger partial charge in [0.1, 0.15) is 5.82 Å². The molecule has 6 heteroatoms. The first kappa shape index (κ1) is 13.1. The van der Waals surface area contributed by atoms with E-state index < -0.39 is 0 Å². The second-order valence-electron chi connectivity index (χ2n) is 4.41. The van der Waals surface area contributed by atoms with Crippen LogP contribution in [-0.4, -0.2) is 20.8 Å². The minimum absolute atomic E-state index is 0.278. The lowest BCUT2D eigenvalue weighted by molar-refractivity contribution is 0.251. The largest absolute Gasteiger partial charge is 0.334 e. The molecule has 6 nitrogen and oxygen atoms in total. The lowest BCUT2D eigenvalue weighted by atomic mass is 10.2. The number of rotatable bonds is 3. The van der Waals surface area contributed by atoms with Gasteiger partial charge in [-0.25, -0.2) is 9.78 Å². The first-order valence-electron chi connectivity index (χ1n) is 6.01. The predicted molar refractivity (Wildman–Crippen MR) is 72.8 cm³/mol. The van der Waals surface area contributed by atoms with Gasteiger partial charge in [0.25, 0.3) is 0 Å². The molecule has 0 saturated carbocycles. The number of nitrogens with zero attached hydrogens (tertiary/aromatic N) is 3. The third-order valence-corrected chi connectivity index (χ3v) is 2.93. The molecule has 0 spiro atoms. The van der Waals surface area contributed by atoms with Crippen LogP contribution in [0.15, 0.2) is 24.5 Å². The maximum Gasteiger partial charge on any atom is 0.320 e. The summed E-state index contributed by atoms with van der Waals surface area (Å²) in [6, 6.07) is 3.39. The summed E-state index contributed by atoms with van der Waals surface area (Å²) in [5.74, 6) is 0.533. The fourth-order valence-corrected chi connectivity index (χ4v) is 1.60. The van der Waals surface area contributed by atoms with E-state index in [0.717, 1.165) is 16.8 Å². The Kier molecular flexibility index (Phi) is 3.79. The Labute approximate surface area is 111 Å². The van der Waals surface area contributed by atoms with Crippen LogP contribution in [0.4, 0.5) is 10.6 Å². The van der Waals surface area contributed by atoms with Gasteiger partial charge in [-0.2, -0.15) is 5.10 Å². The molecule has 0 aliphatic rings. The monoisotopic (exact) mass is 259 g/mol. The lowest BCUT2D eigenvalue weighted by Crippen LogP contribution is -2.28. The van der Waals surface area contributed by atoms with Crippen LogP contribution in [0, 0.1) is 13.8 Å². The summed E-state index contributed by atoms with van der Waals surface area (Å²) in [5.41, 5.74) is 3.08. The van der Waals surface area contributed by atoms with Gasteiger partial charge >= 0.3 is 6.03 Å². The van der Waals surface area contributed by atoms with Crippen molar-refractivity contribution in [2.75, 3.05) is 5.32 Å². The van der Waals surface area contributed by atoms with E-state index in [0.29, 0.717) is 12.4 Å². The van der Waals surface area contributed by atoms with Gasteiger partial charge < -0.3 is 5.32 Å². The van der Waals surface area contributed by atoms with Gasteiger partial charge in [0.15, 0.2) is 0 Å². The Hall–Kier alpha value is -2.37. The number of aryl methyl sites for hydroxylation is 2. The third kappa shape index (κ3) is 3.31. The van der Waals surface area contributed by atoms with E-state index >= 15 is 0 Å². The zero-order chi connectivity index (χ0) is 13.8. The third-order valence-electron chi connectivity index (χ3n) is 2.93. The topological polar surface area (TPSA) is 71.8 Å². The Morgan fingerprint density at radius 2 is 2.11 bits per heavy atom. The van der Waals surface area contributed by atoms with Crippen molar-refractivity contribution in [3.63, 3.8) is 0 Å². The highest BCUT2D eigenvalue weighted by Crippen LogP contribution is 2.06. The maximum absolute atomic E-state index is 11.7. The van der Waals surface area contributed by atoms with Gasteiger partial charge in [-0.15, -0.1) is 0 Å². The molecule has 0 bridgehead atoms. The van der Waals surface area contributed by atoms with Crippen molar-refractivity contribution in [1.82, 2.24) is 20.1 Å². The molecule has 2 N–H and O–H groups in total. The Morgan fingerprint density at radius 3 is 2.68 bits per heavy atom. The summed E-state index contributed by atoms with van der Waals surface area (Å²) in [4.78, 5) is 15.8. The average molecular weight is 259 g/mol. The van der Waals surface area contributed by atoms with Crippen LogP contribution >= 0.6 is 0 Å². The zero-order valence-electron chi connectivity index (χ0n) is 11.3. The predicted octanol–water partition coefficient (Wildman–Crippen LogP) is 1.75. The van der Waals surface area contributed by atoms with Crippen LogP contribution in [0.1, 0.15) is 16.8 Å². The number of carbonyl (C=O) groups excluding carboxylic acids is 1. The molecule has 0 aliphatic carbocycles. The SMILES string of the molecule is Cc1ccc(NC(=O)NCc2cnn(C)c2C)nc1. The van der Waals surface area contributed by atoms with Gasteiger partial charge in [0, 0.05) is 31.0 Å². The summed E-state index contributed by atoms with van der Waals surface area (Å²) < 4.78 is 1.77. The molecule has 2 aromatic heterocycles. The van der Waals surface area contributed by atoms with Crippen molar-refractivity contribution in [2.45, 2.75) is 20.4 Å². The van der Waals surface area contributed by atoms with E-state index in [1.165, 1.54) is 0 Å². The van der Waals surface area contributed by atoms with Crippen molar-refractivity contribution in [2.24, 2.45) is 7.05 Å². The molecule has 0 radical (unpaired) electrons. The smallest absolute Gasteiger partial charge is 0.320 e. The van der Waals surface area contributed by atoms with E-state index in [2.05, 4.69) is 20.7 Å². The van der Waals surface area contributed by atoms with Gasteiger partial charge in [-0.1, -0.05) is 6.07 Å². The summed E-state index contributed by atoms with van der Waals surface area (Å²) in [5, 5.41) is 9.57. The average Bonchev–Trinajstić information content (AvgIpc) is 2.70. The van der Waals surface area contributed by atoms with Crippen molar-refractivity contribution in [1.29, 1.82) is 0 Å². The van der Waals surface area contributed by atoms with Crippen LogP contribution in [0.2, 0.25) is 0 Å². The number of pyridine rings is 1. The van der Waals surface area contributed by atoms with Crippen LogP contribution in [-0.2, 0) is 13.6 Å². The molecule has 0 aromatic carbocycles. The summed E-state index contributed by atoms with van der Waals surface area (Å²) in [7, 11) is 1.87.